The first kappa shape index (κ1) is 7.35. The van der Waals surface area contributed by atoms with Gasteiger partial charge in [-0.1, -0.05) is 18.9 Å². The van der Waals surface area contributed by atoms with Crippen molar-refractivity contribution in [2.45, 2.75) is 37.7 Å². The topological polar surface area (TPSA) is 20.2 Å². The normalized spacial score (nSPS) is 49.2. The first-order valence-corrected chi connectivity index (χ1v) is 4.62. The molecule has 0 radical (unpaired) electrons. The standard InChI is InChI=1S/C10H16O/c1-2-10(11)7-8-5-3-4-6-9(8)10/h2,8-9,11H,1,3-7H2. The Morgan fingerprint density at radius 2 is 2.09 bits per heavy atom. The highest BCUT2D eigenvalue weighted by molar-refractivity contribution is 5.12. The van der Waals surface area contributed by atoms with Gasteiger partial charge in [0.15, 0.2) is 0 Å². The van der Waals surface area contributed by atoms with Gasteiger partial charge in [0.05, 0.1) is 5.60 Å². The zero-order valence-electron chi connectivity index (χ0n) is 6.92. The van der Waals surface area contributed by atoms with Gasteiger partial charge in [0.25, 0.3) is 0 Å². The van der Waals surface area contributed by atoms with Crippen molar-refractivity contribution in [3.63, 3.8) is 0 Å². The van der Waals surface area contributed by atoms with E-state index in [9.17, 15) is 5.11 Å². The molecule has 0 amide bonds. The van der Waals surface area contributed by atoms with E-state index in [1.807, 2.05) is 0 Å². The second-order valence-electron chi connectivity index (χ2n) is 4.05. The number of fused-ring (bicyclic) bond motifs is 1. The van der Waals surface area contributed by atoms with Crippen LogP contribution in [0.3, 0.4) is 0 Å². The Morgan fingerprint density at radius 1 is 1.36 bits per heavy atom. The van der Waals surface area contributed by atoms with E-state index < -0.39 is 5.60 Å². The van der Waals surface area contributed by atoms with Gasteiger partial charge in [0.2, 0.25) is 0 Å². The van der Waals surface area contributed by atoms with Gasteiger partial charge in [-0.3, -0.25) is 0 Å². The van der Waals surface area contributed by atoms with E-state index in [4.69, 9.17) is 0 Å². The van der Waals surface area contributed by atoms with Gasteiger partial charge in [0, 0.05) is 0 Å². The Morgan fingerprint density at radius 3 is 2.73 bits per heavy atom. The van der Waals surface area contributed by atoms with Gasteiger partial charge in [-0.15, -0.1) is 6.58 Å². The first-order valence-electron chi connectivity index (χ1n) is 4.62. The molecular formula is C10H16O. The van der Waals surface area contributed by atoms with Gasteiger partial charge < -0.3 is 5.11 Å². The Labute approximate surface area is 68.1 Å². The van der Waals surface area contributed by atoms with Gasteiger partial charge >= 0.3 is 0 Å². The lowest BCUT2D eigenvalue weighted by atomic mass is 9.56. The van der Waals surface area contributed by atoms with Gasteiger partial charge in [-0.25, -0.2) is 0 Å². The first-order chi connectivity index (χ1) is 5.26. The molecule has 3 atom stereocenters. The minimum absolute atomic E-state index is 0.481. The molecule has 3 unspecified atom stereocenters. The molecule has 2 aliphatic rings. The lowest BCUT2D eigenvalue weighted by Gasteiger charge is -2.53. The van der Waals surface area contributed by atoms with E-state index in [1.54, 1.807) is 6.08 Å². The summed E-state index contributed by atoms with van der Waals surface area (Å²) in [6.07, 6.45) is 7.94. The number of rotatable bonds is 1. The van der Waals surface area contributed by atoms with E-state index in [2.05, 4.69) is 6.58 Å². The highest BCUT2D eigenvalue weighted by Crippen LogP contribution is 2.52. The molecule has 0 aromatic rings. The molecule has 2 rings (SSSR count). The number of hydrogen-bond acceptors (Lipinski definition) is 1. The molecule has 1 heteroatoms. The number of hydrogen-bond donors (Lipinski definition) is 1. The molecule has 0 aliphatic heterocycles. The van der Waals surface area contributed by atoms with Crippen molar-refractivity contribution < 1.29 is 5.11 Å². The predicted molar refractivity (Wildman–Crippen MR) is 45.2 cm³/mol. The van der Waals surface area contributed by atoms with Crippen LogP contribution in [-0.2, 0) is 0 Å². The largest absolute Gasteiger partial charge is 0.385 e. The monoisotopic (exact) mass is 152 g/mol. The average molecular weight is 152 g/mol. The zero-order valence-corrected chi connectivity index (χ0v) is 6.92. The van der Waals surface area contributed by atoms with E-state index >= 15 is 0 Å². The van der Waals surface area contributed by atoms with Crippen molar-refractivity contribution >= 4 is 0 Å². The minimum Gasteiger partial charge on any atom is -0.385 e. The molecule has 11 heavy (non-hydrogen) atoms. The molecule has 62 valence electrons. The second-order valence-corrected chi connectivity index (χ2v) is 4.05. The van der Waals surface area contributed by atoms with Crippen molar-refractivity contribution in [2.75, 3.05) is 0 Å². The molecule has 0 aromatic heterocycles. The van der Waals surface area contributed by atoms with Crippen molar-refractivity contribution in [2.24, 2.45) is 11.8 Å². The Kier molecular flexibility index (Phi) is 1.57. The third-order valence-corrected chi connectivity index (χ3v) is 3.49. The maximum absolute atomic E-state index is 9.90. The summed E-state index contributed by atoms with van der Waals surface area (Å²) in [5.41, 5.74) is -0.481. The summed E-state index contributed by atoms with van der Waals surface area (Å²) in [6.45, 7) is 3.70. The summed E-state index contributed by atoms with van der Waals surface area (Å²) < 4.78 is 0. The van der Waals surface area contributed by atoms with Crippen molar-refractivity contribution in [1.29, 1.82) is 0 Å². The molecule has 2 fully saturated rings. The van der Waals surface area contributed by atoms with Crippen molar-refractivity contribution in [1.82, 2.24) is 0 Å². The third-order valence-electron chi connectivity index (χ3n) is 3.49. The minimum atomic E-state index is -0.481. The smallest absolute Gasteiger partial charge is 0.0858 e. The van der Waals surface area contributed by atoms with Gasteiger partial charge in [0.1, 0.15) is 0 Å². The lowest BCUT2D eigenvalue weighted by molar-refractivity contribution is -0.118. The molecule has 1 nitrogen and oxygen atoms in total. The molecule has 0 aromatic carbocycles. The van der Waals surface area contributed by atoms with Crippen LogP contribution < -0.4 is 0 Å². The highest BCUT2D eigenvalue weighted by Gasteiger charge is 2.50. The molecule has 0 heterocycles. The Bertz CT molecular complexity index is 176. The fraction of sp³-hybridized carbons (Fsp3) is 0.800. The maximum atomic E-state index is 9.90. The zero-order chi connectivity index (χ0) is 7.90. The van der Waals surface area contributed by atoms with Crippen LogP contribution >= 0.6 is 0 Å². The van der Waals surface area contributed by atoms with E-state index in [0.29, 0.717) is 5.92 Å². The summed E-state index contributed by atoms with van der Waals surface area (Å²) >= 11 is 0. The Hall–Kier alpha value is -0.300. The highest BCUT2D eigenvalue weighted by atomic mass is 16.3. The number of aliphatic hydroxyl groups is 1. The maximum Gasteiger partial charge on any atom is 0.0858 e. The summed E-state index contributed by atoms with van der Waals surface area (Å²) in [5, 5.41) is 9.90. The molecule has 0 spiro atoms. The molecule has 2 aliphatic carbocycles. The third kappa shape index (κ3) is 0.943. The van der Waals surface area contributed by atoms with E-state index in [0.717, 1.165) is 12.3 Å². The second kappa shape index (κ2) is 2.34. The quantitative estimate of drug-likeness (QED) is 0.570. The predicted octanol–water partition coefficient (Wildman–Crippen LogP) is 2.11. The summed E-state index contributed by atoms with van der Waals surface area (Å²) in [6, 6.07) is 0. The van der Waals surface area contributed by atoms with Crippen LogP contribution in [0.5, 0.6) is 0 Å². The summed E-state index contributed by atoms with van der Waals surface area (Å²) in [5.74, 6) is 1.36. The van der Waals surface area contributed by atoms with Gasteiger partial charge in [-0.05, 0) is 31.1 Å². The average Bonchev–Trinajstić information content (AvgIpc) is 2.02. The van der Waals surface area contributed by atoms with Crippen molar-refractivity contribution in [3.05, 3.63) is 12.7 Å². The molecule has 0 saturated heterocycles. The summed E-state index contributed by atoms with van der Waals surface area (Å²) in [7, 11) is 0. The van der Waals surface area contributed by atoms with Crippen molar-refractivity contribution in [3.8, 4) is 0 Å². The lowest BCUT2D eigenvalue weighted by Crippen LogP contribution is -2.53. The van der Waals surface area contributed by atoms with Gasteiger partial charge in [-0.2, -0.15) is 0 Å². The molecule has 1 N–H and O–H groups in total. The van der Waals surface area contributed by atoms with Crippen LogP contribution in [0, 0.1) is 11.8 Å². The van der Waals surface area contributed by atoms with Crippen LogP contribution in [0.1, 0.15) is 32.1 Å². The summed E-state index contributed by atoms with van der Waals surface area (Å²) in [4.78, 5) is 0. The van der Waals surface area contributed by atoms with Crippen LogP contribution in [0.2, 0.25) is 0 Å². The van der Waals surface area contributed by atoms with E-state index in [1.165, 1.54) is 25.7 Å². The Balaban J connectivity index is 2.06. The molecule has 0 bridgehead atoms. The van der Waals surface area contributed by atoms with Crippen LogP contribution in [0.15, 0.2) is 12.7 Å². The van der Waals surface area contributed by atoms with E-state index in [-0.39, 0.29) is 0 Å². The fourth-order valence-corrected chi connectivity index (χ4v) is 2.76. The van der Waals surface area contributed by atoms with Crippen LogP contribution in [0.4, 0.5) is 0 Å². The van der Waals surface area contributed by atoms with Crippen LogP contribution in [0.25, 0.3) is 0 Å². The SMILES string of the molecule is C=CC1(O)CC2CCCCC21. The van der Waals surface area contributed by atoms with Crippen LogP contribution in [-0.4, -0.2) is 10.7 Å². The fourth-order valence-electron chi connectivity index (χ4n) is 2.76. The molecule has 2 saturated carbocycles. The molecular weight excluding hydrogens is 136 g/mol.